The number of hydrogen-bond donors (Lipinski definition) is 4. The van der Waals surface area contributed by atoms with E-state index in [4.69, 9.17) is 45.9 Å². The predicted octanol–water partition coefficient (Wildman–Crippen LogP) is 4.08. The second-order valence-corrected chi connectivity index (χ2v) is 9.70. The topological polar surface area (TPSA) is 196 Å². The zero-order valence-corrected chi connectivity index (χ0v) is 26.8. The lowest BCUT2D eigenvalue weighted by Crippen LogP contribution is -2.19. The molecule has 0 aliphatic carbocycles. The second-order valence-electron chi connectivity index (χ2n) is 8.80. The van der Waals surface area contributed by atoms with Gasteiger partial charge >= 0.3 is 10.4 Å². The molecule has 0 aliphatic rings. The number of nitrogens with zero attached hydrogens (tertiary/aromatic N) is 2. The number of methoxy groups -OCH3 is 6. The number of ether oxygens (including phenoxy) is 6. The highest BCUT2D eigenvalue weighted by Crippen LogP contribution is 2.39. The maximum absolute atomic E-state index is 12.7. The minimum atomic E-state index is -4.67. The third-order valence-electron chi connectivity index (χ3n) is 5.99. The second kappa shape index (κ2) is 16.7. The van der Waals surface area contributed by atoms with Gasteiger partial charge in [-0.15, -0.1) is 0 Å². The summed E-state index contributed by atoms with van der Waals surface area (Å²) in [5.41, 5.74) is 9.44. The molecule has 16 heteroatoms. The van der Waals surface area contributed by atoms with Crippen LogP contribution in [0.2, 0.25) is 0 Å². The number of nitrogens with one attached hydrogen (secondary N) is 2. The van der Waals surface area contributed by atoms with Gasteiger partial charge in [0.05, 0.1) is 59.8 Å². The van der Waals surface area contributed by atoms with Gasteiger partial charge in [0, 0.05) is 16.7 Å². The lowest BCUT2D eigenvalue weighted by Gasteiger charge is -2.14. The normalized spacial score (nSPS) is 11.4. The Kier molecular flexibility index (Phi) is 13.4. The molecule has 0 saturated heterocycles. The van der Waals surface area contributed by atoms with Crippen molar-refractivity contribution in [1.82, 2.24) is 5.43 Å². The van der Waals surface area contributed by atoms with Crippen molar-refractivity contribution in [1.29, 1.82) is 0 Å². The first-order valence-corrected chi connectivity index (χ1v) is 14.2. The van der Waals surface area contributed by atoms with Crippen molar-refractivity contribution in [3.8, 4) is 34.5 Å². The summed E-state index contributed by atoms with van der Waals surface area (Å²) in [6.07, 6.45) is 0. The molecule has 3 aromatic rings. The molecule has 0 bridgehead atoms. The van der Waals surface area contributed by atoms with Crippen LogP contribution in [0.25, 0.3) is 0 Å². The van der Waals surface area contributed by atoms with Gasteiger partial charge in [-0.25, -0.2) is 5.43 Å². The van der Waals surface area contributed by atoms with E-state index in [1.54, 1.807) is 64.7 Å². The summed E-state index contributed by atoms with van der Waals surface area (Å²) in [5, 5.41) is 8.67. The molecule has 0 heterocycles. The van der Waals surface area contributed by atoms with Crippen LogP contribution in [0.3, 0.4) is 0 Å². The maximum Gasteiger partial charge on any atom is 0.394 e. The molecule has 45 heavy (non-hydrogen) atoms. The number of anilines is 1. The molecular formula is C29H36N4O11S. The number of hydrogen-bond acceptors (Lipinski definition) is 12. The molecule has 0 spiro atoms. The van der Waals surface area contributed by atoms with Crippen LogP contribution >= 0.6 is 0 Å². The van der Waals surface area contributed by atoms with Crippen molar-refractivity contribution < 1.29 is 50.7 Å². The van der Waals surface area contributed by atoms with E-state index in [1.807, 2.05) is 19.1 Å². The Morgan fingerprint density at radius 3 is 1.31 bits per heavy atom. The van der Waals surface area contributed by atoms with E-state index in [9.17, 15) is 4.79 Å². The van der Waals surface area contributed by atoms with E-state index in [1.165, 1.54) is 21.3 Å². The van der Waals surface area contributed by atoms with Crippen LogP contribution in [0, 0.1) is 0 Å². The Bertz CT molecular complexity index is 1580. The first kappa shape index (κ1) is 36.1. The highest BCUT2D eigenvalue weighted by molar-refractivity contribution is 7.79. The van der Waals surface area contributed by atoms with Gasteiger partial charge in [-0.1, -0.05) is 0 Å². The van der Waals surface area contributed by atoms with Crippen LogP contribution in [-0.2, 0) is 10.4 Å². The monoisotopic (exact) mass is 648 g/mol. The Morgan fingerprint density at radius 1 is 0.622 bits per heavy atom. The zero-order chi connectivity index (χ0) is 33.7. The molecular weight excluding hydrogens is 612 g/mol. The van der Waals surface area contributed by atoms with Gasteiger partial charge in [-0.05, 0) is 62.4 Å². The summed E-state index contributed by atoms with van der Waals surface area (Å²) in [4.78, 5) is 12.7. The fraction of sp³-hybridized carbons (Fsp3) is 0.276. The third kappa shape index (κ3) is 10.6. The van der Waals surface area contributed by atoms with Crippen molar-refractivity contribution in [2.45, 2.75) is 13.8 Å². The summed E-state index contributed by atoms with van der Waals surface area (Å²) >= 11 is 0. The van der Waals surface area contributed by atoms with E-state index in [-0.39, 0.29) is 5.91 Å². The van der Waals surface area contributed by atoms with Crippen LogP contribution in [0.1, 0.15) is 35.3 Å². The molecule has 15 nitrogen and oxygen atoms in total. The summed E-state index contributed by atoms with van der Waals surface area (Å²) in [5.74, 6) is 2.66. The Hall–Kier alpha value is -5.06. The number of carbonyl (C=O) groups excluding carboxylic acids is 1. The van der Waals surface area contributed by atoms with E-state index < -0.39 is 10.4 Å². The van der Waals surface area contributed by atoms with Crippen LogP contribution < -0.4 is 39.3 Å². The van der Waals surface area contributed by atoms with Crippen LogP contribution in [0.15, 0.2) is 58.7 Å². The average molecular weight is 649 g/mol. The lowest BCUT2D eigenvalue weighted by atomic mass is 10.1. The fourth-order valence-electron chi connectivity index (χ4n) is 3.75. The van der Waals surface area contributed by atoms with Gasteiger partial charge < -0.3 is 28.4 Å². The fourth-order valence-corrected chi connectivity index (χ4v) is 3.75. The van der Waals surface area contributed by atoms with E-state index in [2.05, 4.69) is 21.1 Å². The summed E-state index contributed by atoms with van der Waals surface area (Å²) in [7, 11) is 4.61. The predicted molar refractivity (Wildman–Crippen MR) is 168 cm³/mol. The van der Waals surface area contributed by atoms with Gasteiger partial charge in [0.1, 0.15) is 0 Å². The van der Waals surface area contributed by atoms with Crippen LogP contribution in [0.5, 0.6) is 34.5 Å². The average Bonchev–Trinajstić information content (AvgIpc) is 3.03. The van der Waals surface area contributed by atoms with Crippen molar-refractivity contribution in [3.05, 3.63) is 65.2 Å². The molecule has 0 aromatic heterocycles. The van der Waals surface area contributed by atoms with Crippen LogP contribution in [-0.4, -0.2) is 77.5 Å². The minimum absolute atomic E-state index is 0.365. The van der Waals surface area contributed by atoms with Gasteiger partial charge in [-0.3, -0.25) is 19.3 Å². The Balaban J connectivity index is 0.00000130. The molecule has 0 fully saturated rings. The third-order valence-corrected chi connectivity index (χ3v) is 5.99. The number of hydrazone groups is 2. The van der Waals surface area contributed by atoms with E-state index in [0.29, 0.717) is 62.7 Å². The van der Waals surface area contributed by atoms with Crippen molar-refractivity contribution in [2.24, 2.45) is 10.2 Å². The molecule has 0 unspecified atom stereocenters. The molecule has 0 aliphatic heterocycles. The standard InChI is InChI=1S/C29H34N4O7.H2O4S/c1-17(20-13-23(35-3)27(39-7)24(14-20)36-4)30-32-22-11-9-19(10-12-22)29(34)33-31-18(2)21-15-25(37-5)28(40-8)26(16-21)38-6;1-5(2,3)4/h9-16,32H,1-8H3,(H,33,34);(H2,1,2,3,4). The summed E-state index contributed by atoms with van der Waals surface area (Å²) in [6.45, 7) is 3.62. The SMILES string of the molecule is COc1cc(C(C)=NNC(=O)c2ccc(NN=C(C)c3cc(OC)c(OC)c(OC)c3)cc2)cc(OC)c1OC.O=S(=O)(O)O. The zero-order valence-electron chi connectivity index (χ0n) is 26.0. The highest BCUT2D eigenvalue weighted by Gasteiger charge is 2.16. The molecule has 0 saturated carbocycles. The van der Waals surface area contributed by atoms with Gasteiger partial charge in [-0.2, -0.15) is 18.6 Å². The van der Waals surface area contributed by atoms with Gasteiger partial charge in [0.25, 0.3) is 5.91 Å². The highest BCUT2D eigenvalue weighted by atomic mass is 32.3. The largest absolute Gasteiger partial charge is 0.493 e. The first-order chi connectivity index (χ1) is 21.3. The van der Waals surface area contributed by atoms with Crippen molar-refractivity contribution >= 4 is 33.4 Å². The van der Waals surface area contributed by atoms with Crippen molar-refractivity contribution in [3.63, 3.8) is 0 Å². The molecule has 3 rings (SSSR count). The van der Waals surface area contributed by atoms with Crippen molar-refractivity contribution in [2.75, 3.05) is 48.1 Å². The Labute approximate surface area is 261 Å². The van der Waals surface area contributed by atoms with Gasteiger partial charge in [0.2, 0.25) is 11.5 Å². The van der Waals surface area contributed by atoms with Gasteiger partial charge in [0.15, 0.2) is 23.0 Å². The molecule has 4 N–H and O–H groups in total. The first-order valence-electron chi connectivity index (χ1n) is 12.9. The number of carbonyl (C=O) groups is 1. The lowest BCUT2D eigenvalue weighted by molar-refractivity contribution is 0.0954. The van der Waals surface area contributed by atoms with E-state index in [0.717, 1.165) is 5.56 Å². The maximum atomic E-state index is 12.7. The number of amides is 1. The molecule has 0 radical (unpaired) electrons. The Morgan fingerprint density at radius 2 is 0.978 bits per heavy atom. The summed E-state index contributed by atoms with van der Waals surface area (Å²) in [6, 6.07) is 14.0. The quantitative estimate of drug-likeness (QED) is 0.125. The molecule has 0 atom stereocenters. The van der Waals surface area contributed by atoms with E-state index >= 15 is 0 Å². The number of rotatable bonds is 12. The smallest absolute Gasteiger partial charge is 0.394 e. The summed E-state index contributed by atoms with van der Waals surface area (Å²) < 4.78 is 63.9. The van der Waals surface area contributed by atoms with Crippen LogP contribution in [0.4, 0.5) is 5.69 Å². The minimum Gasteiger partial charge on any atom is -0.493 e. The molecule has 3 aromatic carbocycles. The number of benzene rings is 3. The molecule has 1 amide bonds. The molecule has 244 valence electrons.